The van der Waals surface area contributed by atoms with Crippen molar-refractivity contribution in [1.82, 2.24) is 19.7 Å². The number of likely N-dealkylation sites (tertiary alicyclic amines) is 1. The summed E-state index contributed by atoms with van der Waals surface area (Å²) < 4.78 is 27.5. The second-order valence-electron chi connectivity index (χ2n) is 8.45. The number of benzene rings is 1. The third-order valence-electron chi connectivity index (χ3n) is 5.96. The minimum absolute atomic E-state index is 0.241. The van der Waals surface area contributed by atoms with Crippen molar-refractivity contribution >= 4 is 0 Å². The van der Waals surface area contributed by atoms with Gasteiger partial charge in [0.25, 0.3) is 0 Å². The van der Waals surface area contributed by atoms with Crippen LogP contribution in [-0.2, 0) is 17.9 Å². The number of aromatic nitrogens is 3. The Morgan fingerprint density at radius 1 is 1.09 bits per heavy atom. The van der Waals surface area contributed by atoms with Gasteiger partial charge in [0.05, 0.1) is 24.1 Å². The van der Waals surface area contributed by atoms with E-state index in [0.29, 0.717) is 12.3 Å². The Hall–Kier alpha value is -3.29. The molecule has 3 aromatic heterocycles. The normalized spacial score (nSPS) is 15.2. The average molecular weight is 447 g/mol. The predicted octanol–water partition coefficient (Wildman–Crippen LogP) is 5.16. The summed E-state index contributed by atoms with van der Waals surface area (Å²) in [4.78, 5) is 6.74. The van der Waals surface area contributed by atoms with Crippen molar-refractivity contribution in [3.63, 3.8) is 0 Å². The minimum atomic E-state index is -0.285. The van der Waals surface area contributed by atoms with Crippen LogP contribution in [0.25, 0.3) is 17.1 Å². The molecule has 0 radical (unpaired) electrons. The van der Waals surface area contributed by atoms with Gasteiger partial charge in [0.15, 0.2) is 5.76 Å². The van der Waals surface area contributed by atoms with E-state index < -0.39 is 0 Å². The van der Waals surface area contributed by atoms with Gasteiger partial charge in [-0.1, -0.05) is 12.1 Å². The molecule has 0 bridgehead atoms. The van der Waals surface area contributed by atoms with E-state index in [4.69, 9.17) is 14.3 Å². The molecule has 1 aromatic carbocycles. The zero-order chi connectivity index (χ0) is 22.6. The molecule has 0 atom stereocenters. The van der Waals surface area contributed by atoms with E-state index in [1.165, 1.54) is 12.1 Å². The zero-order valence-electron chi connectivity index (χ0n) is 18.7. The third-order valence-corrected chi connectivity index (χ3v) is 5.96. The number of piperidine rings is 1. The van der Waals surface area contributed by atoms with Crippen molar-refractivity contribution in [1.29, 1.82) is 0 Å². The zero-order valence-corrected chi connectivity index (χ0v) is 18.7. The lowest BCUT2D eigenvalue weighted by molar-refractivity contribution is -0.00520. The van der Waals surface area contributed by atoms with Crippen LogP contribution in [0.1, 0.15) is 29.9 Å². The second-order valence-corrected chi connectivity index (χ2v) is 8.45. The molecule has 1 fully saturated rings. The molecule has 5 rings (SSSR count). The fraction of sp³-hybridized carbons (Fsp3) is 0.308. The van der Waals surface area contributed by atoms with E-state index in [9.17, 15) is 4.39 Å². The van der Waals surface area contributed by atoms with Crippen LogP contribution < -0.4 is 0 Å². The fourth-order valence-corrected chi connectivity index (χ4v) is 4.21. The standard InChI is InChI=1S/C26H27FN4O2/c1-19-8-9-25(33-19)26-20(17-31(29-26)23-7-4-5-21(27)15-23)16-30-13-10-24(11-14-30)32-18-22-6-2-3-12-28-22/h2-9,12,15,17,24H,10-11,13-14,16,18H2,1H3. The Kier molecular flexibility index (Phi) is 6.32. The van der Waals surface area contributed by atoms with Crippen LogP contribution in [-0.4, -0.2) is 38.9 Å². The molecule has 1 saturated heterocycles. The van der Waals surface area contributed by atoms with Crippen molar-refractivity contribution in [3.05, 3.63) is 89.8 Å². The molecule has 7 heteroatoms. The number of rotatable bonds is 7. The van der Waals surface area contributed by atoms with Crippen molar-refractivity contribution in [2.24, 2.45) is 0 Å². The predicted molar refractivity (Wildman–Crippen MR) is 123 cm³/mol. The molecule has 0 saturated carbocycles. The Balaban J connectivity index is 1.28. The summed E-state index contributed by atoms with van der Waals surface area (Å²) in [6.07, 6.45) is 5.96. The molecule has 1 aliphatic rings. The lowest BCUT2D eigenvalue weighted by Gasteiger charge is -2.31. The highest BCUT2D eigenvalue weighted by atomic mass is 19.1. The quantitative estimate of drug-likeness (QED) is 0.393. The molecule has 6 nitrogen and oxygen atoms in total. The second kappa shape index (κ2) is 9.68. The van der Waals surface area contributed by atoms with Crippen LogP contribution in [0.15, 0.2) is 71.4 Å². The number of ether oxygens (including phenoxy) is 1. The van der Waals surface area contributed by atoms with Crippen LogP contribution >= 0.6 is 0 Å². The van der Waals surface area contributed by atoms with Gasteiger partial charge in [-0.25, -0.2) is 9.07 Å². The van der Waals surface area contributed by atoms with Gasteiger partial charge in [0.2, 0.25) is 0 Å². The first kappa shape index (κ1) is 21.6. The number of aryl methyl sites for hydroxylation is 1. The summed E-state index contributed by atoms with van der Waals surface area (Å²) in [5.74, 6) is 1.28. The van der Waals surface area contributed by atoms with Gasteiger partial charge in [-0.15, -0.1) is 0 Å². The Morgan fingerprint density at radius 3 is 2.70 bits per heavy atom. The van der Waals surface area contributed by atoms with Crippen molar-refractivity contribution in [3.8, 4) is 17.1 Å². The van der Waals surface area contributed by atoms with Gasteiger partial charge in [-0.3, -0.25) is 9.88 Å². The summed E-state index contributed by atoms with van der Waals surface area (Å²) in [5, 5.41) is 4.75. The van der Waals surface area contributed by atoms with Gasteiger partial charge in [0.1, 0.15) is 17.3 Å². The molecular formula is C26H27FN4O2. The number of halogens is 1. The molecule has 170 valence electrons. The van der Waals surface area contributed by atoms with Gasteiger partial charge in [-0.05, 0) is 62.2 Å². The maximum atomic E-state index is 13.8. The summed E-state index contributed by atoms with van der Waals surface area (Å²) in [7, 11) is 0. The monoisotopic (exact) mass is 446 g/mol. The van der Waals surface area contributed by atoms with Gasteiger partial charge in [-0.2, -0.15) is 5.10 Å². The summed E-state index contributed by atoms with van der Waals surface area (Å²) in [5.41, 5.74) is 3.50. The van der Waals surface area contributed by atoms with Crippen molar-refractivity contribution < 1.29 is 13.5 Å². The molecule has 0 amide bonds. The molecule has 0 unspecified atom stereocenters. The molecular weight excluding hydrogens is 419 g/mol. The van der Waals surface area contributed by atoms with Crippen LogP contribution in [0.3, 0.4) is 0 Å². The number of hydrogen-bond acceptors (Lipinski definition) is 5. The number of pyridine rings is 1. The largest absolute Gasteiger partial charge is 0.460 e. The highest BCUT2D eigenvalue weighted by molar-refractivity contribution is 5.58. The van der Waals surface area contributed by atoms with Crippen LogP contribution in [0, 0.1) is 12.7 Å². The van der Waals surface area contributed by atoms with Crippen LogP contribution in [0.5, 0.6) is 0 Å². The summed E-state index contributed by atoms with van der Waals surface area (Å²) in [6, 6.07) is 16.2. The summed E-state index contributed by atoms with van der Waals surface area (Å²) in [6.45, 7) is 5.09. The van der Waals surface area contributed by atoms with Crippen molar-refractivity contribution in [2.75, 3.05) is 13.1 Å². The number of furan rings is 1. The maximum absolute atomic E-state index is 13.8. The Morgan fingerprint density at radius 2 is 1.97 bits per heavy atom. The van der Waals surface area contributed by atoms with Crippen LogP contribution in [0.2, 0.25) is 0 Å². The molecule has 4 heterocycles. The smallest absolute Gasteiger partial charge is 0.154 e. The number of nitrogens with zero attached hydrogens (tertiary/aromatic N) is 4. The molecule has 0 aliphatic carbocycles. The van der Waals surface area contributed by atoms with E-state index in [-0.39, 0.29) is 11.9 Å². The van der Waals surface area contributed by atoms with Gasteiger partial charge < -0.3 is 9.15 Å². The SMILES string of the molecule is Cc1ccc(-c2nn(-c3cccc(F)c3)cc2CN2CCC(OCc3ccccn3)CC2)o1. The maximum Gasteiger partial charge on any atom is 0.154 e. The molecule has 0 spiro atoms. The molecule has 0 N–H and O–H groups in total. The first-order valence-corrected chi connectivity index (χ1v) is 11.3. The first-order chi connectivity index (χ1) is 16.1. The van der Waals surface area contributed by atoms with Gasteiger partial charge in [0, 0.05) is 37.6 Å². The Labute approximate surface area is 192 Å². The Bertz CT molecular complexity index is 1200. The van der Waals surface area contributed by atoms with E-state index in [2.05, 4.69) is 9.88 Å². The molecule has 1 aliphatic heterocycles. The van der Waals surface area contributed by atoms with E-state index >= 15 is 0 Å². The van der Waals surface area contributed by atoms with Gasteiger partial charge >= 0.3 is 0 Å². The lowest BCUT2D eigenvalue weighted by Crippen LogP contribution is -2.36. The van der Waals surface area contributed by atoms with E-state index in [0.717, 1.165) is 60.9 Å². The highest BCUT2D eigenvalue weighted by Gasteiger charge is 2.23. The lowest BCUT2D eigenvalue weighted by atomic mass is 10.1. The minimum Gasteiger partial charge on any atom is -0.460 e. The van der Waals surface area contributed by atoms with E-state index in [1.807, 2.05) is 49.5 Å². The van der Waals surface area contributed by atoms with Crippen LogP contribution in [0.4, 0.5) is 4.39 Å². The van der Waals surface area contributed by atoms with E-state index in [1.54, 1.807) is 16.9 Å². The molecule has 33 heavy (non-hydrogen) atoms. The molecule has 4 aromatic rings. The summed E-state index contributed by atoms with van der Waals surface area (Å²) >= 11 is 0. The fourth-order valence-electron chi connectivity index (χ4n) is 4.21. The number of hydrogen-bond donors (Lipinski definition) is 0. The first-order valence-electron chi connectivity index (χ1n) is 11.3. The average Bonchev–Trinajstić information content (AvgIpc) is 3.45. The highest BCUT2D eigenvalue weighted by Crippen LogP contribution is 2.28. The van der Waals surface area contributed by atoms with Crippen molar-refractivity contribution in [2.45, 2.75) is 39.0 Å². The third kappa shape index (κ3) is 5.21. The topological polar surface area (TPSA) is 56.3 Å².